The number of carboxylic acids is 1. The summed E-state index contributed by atoms with van der Waals surface area (Å²) < 4.78 is 26.7. The van der Waals surface area contributed by atoms with E-state index < -0.39 is 36.1 Å². The van der Waals surface area contributed by atoms with Gasteiger partial charge in [0.15, 0.2) is 0 Å². The Hall–Kier alpha value is -3.48. The molecule has 3 aliphatic heterocycles. The predicted molar refractivity (Wildman–Crippen MR) is 168 cm³/mol. The summed E-state index contributed by atoms with van der Waals surface area (Å²) in [5.41, 5.74) is 1.99. The molecule has 0 aliphatic carbocycles. The molecule has 248 valence electrons. The van der Waals surface area contributed by atoms with E-state index in [2.05, 4.69) is 5.32 Å². The van der Waals surface area contributed by atoms with E-state index in [-0.39, 0.29) is 30.9 Å². The first-order chi connectivity index (χ1) is 21.5. The summed E-state index contributed by atoms with van der Waals surface area (Å²) >= 11 is 0. The monoisotopic (exact) mass is 630 g/mol. The number of carbonyl (C=O) groups excluding carboxylic acids is 2. The summed E-state index contributed by atoms with van der Waals surface area (Å²) in [6.07, 6.45) is 3.81. The zero-order valence-corrected chi connectivity index (χ0v) is 26.5. The van der Waals surface area contributed by atoms with E-state index in [1.165, 1.54) is 12.1 Å². The van der Waals surface area contributed by atoms with Crippen molar-refractivity contribution in [3.63, 3.8) is 0 Å². The highest BCUT2D eigenvalue weighted by Crippen LogP contribution is 2.27. The van der Waals surface area contributed by atoms with Gasteiger partial charge in [0.25, 0.3) is 0 Å². The number of aliphatic carboxylic acids is 1. The number of piperazine rings is 2. The highest BCUT2D eigenvalue weighted by atomic mass is 19.1. The maximum atomic E-state index is 14.8. The summed E-state index contributed by atoms with van der Waals surface area (Å²) in [6, 6.07) is 4.75. The van der Waals surface area contributed by atoms with Crippen LogP contribution in [0.5, 0.6) is 0 Å². The van der Waals surface area contributed by atoms with Crippen molar-refractivity contribution >= 4 is 29.8 Å². The molecule has 0 saturated carbocycles. The number of benzene rings is 1. The standard InChI is InChI=1S/C33H47FN4O7/c1-22-4-6-28(39)20-31(42)45-32(23(2)5-7-29(22)44-33(43)38-10-8-35-9-11-38)24(3)16-25-17-26(34)19-27(18-25)37-14-12-36(13-15-37)21-30(40)41/h5,7,16-19,22-23,28-29,32,35,39H,4,6,8-15,20-21H2,1-3H3,(H,40,41)/b7-5-,24-16+/t22-,23-,28+,29-,32-/m0/s1. The number of rotatable bonds is 6. The molecule has 0 aromatic heterocycles. The van der Waals surface area contributed by atoms with Crippen LogP contribution in [-0.2, 0) is 19.1 Å². The molecule has 2 fully saturated rings. The van der Waals surface area contributed by atoms with E-state index in [1.807, 2.05) is 48.8 Å². The van der Waals surface area contributed by atoms with E-state index in [9.17, 15) is 23.9 Å². The first-order valence-corrected chi connectivity index (χ1v) is 15.9. The van der Waals surface area contributed by atoms with Crippen LogP contribution in [0.25, 0.3) is 6.08 Å². The lowest BCUT2D eigenvalue weighted by molar-refractivity contribution is -0.151. The van der Waals surface area contributed by atoms with E-state index in [4.69, 9.17) is 14.6 Å². The average Bonchev–Trinajstić information content (AvgIpc) is 3.00. The molecule has 0 spiro atoms. The lowest BCUT2D eigenvalue weighted by Crippen LogP contribution is -2.48. The number of ether oxygens (including phenoxy) is 2. The fraction of sp³-hybridized carbons (Fsp3) is 0.606. The Kier molecular flexibility index (Phi) is 12.4. The second kappa shape index (κ2) is 16.2. The van der Waals surface area contributed by atoms with Crippen molar-refractivity contribution in [3.8, 4) is 0 Å². The van der Waals surface area contributed by atoms with Crippen LogP contribution in [0.2, 0.25) is 0 Å². The third-order valence-corrected chi connectivity index (χ3v) is 8.72. The molecule has 1 aromatic carbocycles. The zero-order valence-electron chi connectivity index (χ0n) is 26.5. The smallest absolute Gasteiger partial charge is 0.410 e. The summed E-state index contributed by atoms with van der Waals surface area (Å²) in [7, 11) is 0. The largest absolute Gasteiger partial charge is 0.480 e. The Bertz CT molecular complexity index is 1240. The molecule has 3 N–H and O–H groups in total. The van der Waals surface area contributed by atoms with Gasteiger partial charge in [-0.15, -0.1) is 0 Å². The lowest BCUT2D eigenvalue weighted by Gasteiger charge is -2.35. The minimum atomic E-state index is -0.894. The normalized spacial score (nSPS) is 28.4. The molecule has 2 saturated heterocycles. The SMILES string of the molecule is C/C(=C\c1cc(F)cc(N2CCN(CC(=O)O)CC2)c1)[C@H]1OC(=O)C[C@H](O)CC[C@H](C)[C@@H](OC(=O)N2CCNCC2)/C=C\[C@@H]1C. The Morgan fingerprint density at radius 1 is 1.07 bits per heavy atom. The van der Waals surface area contributed by atoms with Crippen LogP contribution in [0.15, 0.2) is 35.9 Å². The Balaban J connectivity index is 1.54. The molecule has 11 nitrogen and oxygen atoms in total. The minimum Gasteiger partial charge on any atom is -0.480 e. The van der Waals surface area contributed by atoms with Crippen LogP contribution in [0.1, 0.15) is 45.6 Å². The van der Waals surface area contributed by atoms with Crippen molar-refractivity contribution in [2.45, 2.75) is 58.3 Å². The van der Waals surface area contributed by atoms with Gasteiger partial charge in [-0.05, 0) is 61.1 Å². The van der Waals surface area contributed by atoms with Gasteiger partial charge in [0.2, 0.25) is 0 Å². The molecule has 4 rings (SSSR count). The molecule has 45 heavy (non-hydrogen) atoms. The van der Waals surface area contributed by atoms with Crippen molar-refractivity contribution < 1.29 is 38.5 Å². The maximum absolute atomic E-state index is 14.8. The highest BCUT2D eigenvalue weighted by Gasteiger charge is 2.29. The lowest BCUT2D eigenvalue weighted by atomic mass is 9.91. The zero-order chi connectivity index (χ0) is 32.5. The fourth-order valence-corrected chi connectivity index (χ4v) is 6.05. The Morgan fingerprint density at radius 3 is 2.47 bits per heavy atom. The van der Waals surface area contributed by atoms with Crippen molar-refractivity contribution in [1.29, 1.82) is 0 Å². The van der Waals surface area contributed by atoms with Crippen LogP contribution in [0, 0.1) is 17.7 Å². The van der Waals surface area contributed by atoms with Gasteiger partial charge >= 0.3 is 18.0 Å². The van der Waals surface area contributed by atoms with Crippen LogP contribution in [0.4, 0.5) is 14.9 Å². The number of halogens is 1. The van der Waals surface area contributed by atoms with Crippen molar-refractivity contribution in [2.24, 2.45) is 11.8 Å². The third-order valence-electron chi connectivity index (χ3n) is 8.72. The second-order valence-corrected chi connectivity index (χ2v) is 12.4. The Labute approximate surface area is 264 Å². The number of cyclic esters (lactones) is 1. The van der Waals surface area contributed by atoms with Gasteiger partial charge < -0.3 is 34.8 Å². The first-order valence-electron chi connectivity index (χ1n) is 15.9. The molecule has 3 aliphatic rings. The topological polar surface area (TPSA) is 132 Å². The van der Waals surface area contributed by atoms with Crippen LogP contribution < -0.4 is 10.2 Å². The number of hydrogen-bond donors (Lipinski definition) is 3. The molecule has 1 aromatic rings. The number of amides is 1. The number of esters is 1. The fourth-order valence-electron chi connectivity index (χ4n) is 6.05. The molecule has 0 bridgehead atoms. The molecule has 1 amide bonds. The number of aliphatic hydroxyl groups excluding tert-OH is 1. The number of nitrogens with one attached hydrogen (secondary N) is 1. The van der Waals surface area contributed by atoms with Gasteiger partial charge in [-0.3, -0.25) is 14.5 Å². The van der Waals surface area contributed by atoms with E-state index in [0.717, 1.165) is 0 Å². The molecule has 12 heteroatoms. The van der Waals surface area contributed by atoms with E-state index >= 15 is 0 Å². The summed E-state index contributed by atoms with van der Waals surface area (Å²) in [5.74, 6) is -2.20. The van der Waals surface area contributed by atoms with Crippen molar-refractivity contribution in [1.82, 2.24) is 15.1 Å². The number of carboxylic acid groups (broad SMARTS) is 1. The first kappa shape index (κ1) is 34.4. The van der Waals surface area contributed by atoms with Gasteiger partial charge in [0.1, 0.15) is 18.0 Å². The van der Waals surface area contributed by atoms with Gasteiger partial charge in [0.05, 0.1) is 19.1 Å². The van der Waals surface area contributed by atoms with Crippen molar-refractivity contribution in [2.75, 3.05) is 63.8 Å². The summed E-state index contributed by atoms with van der Waals surface area (Å²) in [4.78, 5) is 42.4. The molecule has 3 heterocycles. The van der Waals surface area contributed by atoms with Gasteiger partial charge in [-0.2, -0.15) is 0 Å². The number of hydrogen-bond acceptors (Lipinski definition) is 9. The number of anilines is 1. The van der Waals surface area contributed by atoms with E-state index in [0.29, 0.717) is 82.0 Å². The third kappa shape index (κ3) is 10.3. The quantitative estimate of drug-likeness (QED) is 0.318. The maximum Gasteiger partial charge on any atom is 0.410 e. The van der Waals surface area contributed by atoms with Gasteiger partial charge in [-0.1, -0.05) is 26.0 Å². The molecule has 5 atom stereocenters. The van der Waals surface area contributed by atoms with E-state index in [1.54, 1.807) is 11.0 Å². The summed E-state index contributed by atoms with van der Waals surface area (Å²) in [5, 5.41) is 22.9. The van der Waals surface area contributed by atoms with Gasteiger partial charge in [0, 0.05) is 64.0 Å². The number of nitrogens with zero attached hydrogens (tertiary/aromatic N) is 3. The number of aliphatic hydroxyl groups is 1. The van der Waals surface area contributed by atoms with Crippen LogP contribution >= 0.6 is 0 Å². The summed E-state index contributed by atoms with van der Waals surface area (Å²) in [6.45, 7) is 10.5. The number of carbonyl (C=O) groups is 3. The minimum absolute atomic E-state index is 0.0216. The molecule has 0 radical (unpaired) electrons. The van der Waals surface area contributed by atoms with Crippen LogP contribution in [-0.4, -0.2) is 115 Å². The average molecular weight is 631 g/mol. The molecular weight excluding hydrogens is 583 g/mol. The molecule has 0 unspecified atom stereocenters. The van der Waals surface area contributed by atoms with Crippen LogP contribution in [0.3, 0.4) is 0 Å². The highest BCUT2D eigenvalue weighted by molar-refractivity contribution is 5.71. The van der Waals surface area contributed by atoms with Gasteiger partial charge in [-0.25, -0.2) is 9.18 Å². The van der Waals surface area contributed by atoms with Crippen molar-refractivity contribution in [3.05, 3.63) is 47.3 Å². The Morgan fingerprint density at radius 2 is 1.78 bits per heavy atom. The molecular formula is C33H47FN4O7. The predicted octanol–water partition coefficient (Wildman–Crippen LogP) is 3.13. The second-order valence-electron chi connectivity index (χ2n) is 12.4.